The Morgan fingerprint density at radius 2 is 1.95 bits per heavy atom. The molecule has 1 N–H and O–H groups in total. The van der Waals surface area contributed by atoms with Crippen molar-refractivity contribution in [2.45, 2.75) is 0 Å². The van der Waals surface area contributed by atoms with Gasteiger partial charge in [-0.3, -0.25) is 10.1 Å². The number of benzene rings is 1. The van der Waals surface area contributed by atoms with Crippen molar-refractivity contribution in [3.8, 4) is 0 Å². The van der Waals surface area contributed by atoms with E-state index in [-0.39, 0.29) is 5.69 Å². The van der Waals surface area contributed by atoms with E-state index in [1.807, 2.05) is 11.9 Å². The van der Waals surface area contributed by atoms with Gasteiger partial charge in [0.25, 0.3) is 5.69 Å². The Morgan fingerprint density at radius 1 is 1.35 bits per heavy atom. The summed E-state index contributed by atoms with van der Waals surface area (Å²) in [7, 11) is 3.44. The van der Waals surface area contributed by atoms with Crippen LogP contribution in [0.15, 0.2) is 12.1 Å². The molecule has 0 aromatic heterocycles. The molecule has 0 bridgehead atoms. The lowest BCUT2D eigenvalue weighted by Crippen LogP contribution is -2.28. The lowest BCUT2D eigenvalue weighted by atomic mass is 10.2. The van der Waals surface area contributed by atoms with Crippen LogP contribution in [0.1, 0.15) is 0 Å². The van der Waals surface area contributed by atoms with Crippen LogP contribution in [-0.4, -0.2) is 50.2 Å². The summed E-state index contributed by atoms with van der Waals surface area (Å²) in [4.78, 5) is 11.5. The minimum absolute atomic E-state index is 0.311. The average Bonchev–Trinajstić information content (AvgIpc) is 2.39. The number of ether oxygens (including phenoxy) is 1. The molecule has 0 aliphatic rings. The highest BCUT2D eigenvalue weighted by atomic mass is 19.1. The number of nitro groups is 1. The number of likely N-dealkylation sites (N-methyl/N-ethyl adjacent to an activating group) is 1. The smallest absolute Gasteiger partial charge is 0.275 e. The van der Waals surface area contributed by atoms with E-state index in [9.17, 15) is 18.9 Å². The number of halogens is 2. The second-order valence-electron chi connectivity index (χ2n) is 4.26. The molecule has 1 aromatic carbocycles. The lowest BCUT2D eigenvalue weighted by molar-refractivity contribution is -0.385. The van der Waals surface area contributed by atoms with Gasteiger partial charge < -0.3 is 15.0 Å². The summed E-state index contributed by atoms with van der Waals surface area (Å²) < 4.78 is 32.0. The molecule has 0 saturated carbocycles. The van der Waals surface area contributed by atoms with Crippen molar-refractivity contribution in [2.24, 2.45) is 0 Å². The number of hydrogen-bond acceptors (Lipinski definition) is 5. The van der Waals surface area contributed by atoms with Crippen molar-refractivity contribution < 1.29 is 18.4 Å². The summed E-state index contributed by atoms with van der Waals surface area (Å²) in [6.45, 7) is 2.13. The maximum Gasteiger partial charge on any atom is 0.275 e. The molecule has 8 heteroatoms. The molecule has 0 fully saturated rings. The van der Waals surface area contributed by atoms with Crippen molar-refractivity contribution in [1.29, 1.82) is 0 Å². The van der Waals surface area contributed by atoms with Gasteiger partial charge in [0.2, 0.25) is 0 Å². The van der Waals surface area contributed by atoms with E-state index in [1.54, 1.807) is 7.11 Å². The Kier molecular flexibility index (Phi) is 6.26. The van der Waals surface area contributed by atoms with Crippen molar-refractivity contribution in [2.75, 3.05) is 45.7 Å². The second-order valence-corrected chi connectivity index (χ2v) is 4.26. The van der Waals surface area contributed by atoms with Gasteiger partial charge >= 0.3 is 0 Å². The Morgan fingerprint density at radius 3 is 2.45 bits per heavy atom. The summed E-state index contributed by atoms with van der Waals surface area (Å²) in [5.41, 5.74) is -0.960. The second kappa shape index (κ2) is 7.71. The zero-order valence-electron chi connectivity index (χ0n) is 11.4. The fourth-order valence-electron chi connectivity index (χ4n) is 1.56. The molecule has 0 saturated heterocycles. The lowest BCUT2D eigenvalue weighted by Gasteiger charge is -2.17. The third-order valence-electron chi connectivity index (χ3n) is 2.71. The number of rotatable bonds is 8. The van der Waals surface area contributed by atoms with Crippen molar-refractivity contribution >= 4 is 11.4 Å². The zero-order valence-corrected chi connectivity index (χ0v) is 11.4. The molecule has 0 spiro atoms. The van der Waals surface area contributed by atoms with E-state index in [2.05, 4.69) is 5.32 Å². The van der Waals surface area contributed by atoms with E-state index in [0.717, 1.165) is 0 Å². The highest BCUT2D eigenvalue weighted by molar-refractivity contribution is 5.51. The molecular weight excluding hydrogens is 272 g/mol. The summed E-state index contributed by atoms with van der Waals surface area (Å²) in [6.07, 6.45) is 0. The van der Waals surface area contributed by atoms with Crippen LogP contribution in [-0.2, 0) is 4.74 Å². The predicted molar refractivity (Wildman–Crippen MR) is 70.9 cm³/mol. The summed E-state index contributed by atoms with van der Waals surface area (Å²) >= 11 is 0. The number of anilines is 1. The Labute approximate surface area is 115 Å². The first-order valence-corrected chi connectivity index (χ1v) is 6.00. The van der Waals surface area contributed by atoms with Crippen LogP contribution in [0.25, 0.3) is 0 Å². The first-order chi connectivity index (χ1) is 9.45. The van der Waals surface area contributed by atoms with Crippen LogP contribution >= 0.6 is 0 Å². The summed E-state index contributed by atoms with van der Waals surface area (Å²) in [5.74, 6) is -1.95. The molecule has 1 rings (SSSR count). The molecule has 0 atom stereocenters. The van der Waals surface area contributed by atoms with Crippen LogP contribution in [0.3, 0.4) is 0 Å². The monoisotopic (exact) mass is 289 g/mol. The van der Waals surface area contributed by atoms with Crippen LogP contribution in [0, 0.1) is 21.7 Å². The number of hydrogen-bond donors (Lipinski definition) is 1. The van der Waals surface area contributed by atoms with E-state index in [0.29, 0.717) is 38.4 Å². The van der Waals surface area contributed by atoms with Gasteiger partial charge in [-0.2, -0.15) is 0 Å². The van der Waals surface area contributed by atoms with Crippen molar-refractivity contribution in [3.63, 3.8) is 0 Å². The molecule has 0 aliphatic carbocycles. The highest BCUT2D eigenvalue weighted by Gasteiger charge is 2.16. The summed E-state index contributed by atoms with van der Waals surface area (Å²) in [6, 6.07) is 1.39. The molecule has 6 nitrogen and oxygen atoms in total. The minimum Gasteiger partial charge on any atom is -0.383 e. The van der Waals surface area contributed by atoms with Crippen LogP contribution in [0.4, 0.5) is 20.2 Å². The minimum atomic E-state index is -0.976. The topological polar surface area (TPSA) is 67.6 Å². The van der Waals surface area contributed by atoms with E-state index in [1.165, 1.54) is 0 Å². The number of non-ortho nitro benzene ring substituents is 1. The Bertz CT molecular complexity index is 448. The summed E-state index contributed by atoms with van der Waals surface area (Å²) in [5, 5.41) is 13.1. The highest BCUT2D eigenvalue weighted by Crippen LogP contribution is 2.24. The maximum atomic E-state index is 13.6. The largest absolute Gasteiger partial charge is 0.383 e. The number of nitrogens with one attached hydrogen (secondary N) is 1. The zero-order chi connectivity index (χ0) is 15.1. The van der Waals surface area contributed by atoms with Crippen LogP contribution in [0.2, 0.25) is 0 Å². The molecule has 0 aliphatic heterocycles. The van der Waals surface area contributed by atoms with Gasteiger partial charge in [0, 0.05) is 26.7 Å². The molecule has 0 amide bonds. The molecular formula is C12H17F2N3O3. The standard InChI is InChI=1S/C12H17F2N3O3/c1-16(5-6-20-2)4-3-15-12-10(13)7-9(17(18)19)8-11(12)14/h7-8,15H,3-6H2,1-2H3. The van der Waals surface area contributed by atoms with Crippen molar-refractivity contribution in [1.82, 2.24) is 4.90 Å². The van der Waals surface area contributed by atoms with E-state index in [4.69, 9.17) is 4.74 Å². The van der Waals surface area contributed by atoms with Crippen LogP contribution in [0.5, 0.6) is 0 Å². The Balaban J connectivity index is 2.58. The van der Waals surface area contributed by atoms with E-state index >= 15 is 0 Å². The van der Waals surface area contributed by atoms with Gasteiger partial charge in [-0.1, -0.05) is 0 Å². The predicted octanol–water partition coefficient (Wildman–Crippen LogP) is 1.86. The van der Waals surface area contributed by atoms with Gasteiger partial charge in [-0.05, 0) is 7.05 Å². The Hall–Kier alpha value is -1.80. The van der Waals surface area contributed by atoms with Crippen molar-refractivity contribution in [3.05, 3.63) is 33.9 Å². The third kappa shape index (κ3) is 4.71. The average molecular weight is 289 g/mol. The molecule has 0 unspecified atom stereocenters. The fourth-order valence-corrected chi connectivity index (χ4v) is 1.56. The third-order valence-corrected chi connectivity index (χ3v) is 2.71. The molecule has 0 radical (unpaired) electrons. The first kappa shape index (κ1) is 16.3. The van der Waals surface area contributed by atoms with Gasteiger partial charge in [-0.25, -0.2) is 8.78 Å². The van der Waals surface area contributed by atoms with Gasteiger partial charge in [0.1, 0.15) is 5.69 Å². The quantitative estimate of drug-likeness (QED) is 0.584. The van der Waals surface area contributed by atoms with Gasteiger partial charge in [-0.15, -0.1) is 0 Å². The normalized spacial score (nSPS) is 10.8. The van der Waals surface area contributed by atoms with Gasteiger partial charge in [0.15, 0.2) is 11.6 Å². The fraction of sp³-hybridized carbons (Fsp3) is 0.500. The maximum absolute atomic E-state index is 13.6. The molecule has 1 aromatic rings. The molecule has 20 heavy (non-hydrogen) atoms. The van der Waals surface area contributed by atoms with Gasteiger partial charge in [0.05, 0.1) is 23.7 Å². The van der Waals surface area contributed by atoms with E-state index < -0.39 is 22.2 Å². The number of nitro benzene ring substituents is 1. The first-order valence-electron chi connectivity index (χ1n) is 6.00. The number of methoxy groups -OCH3 is 1. The molecule has 0 heterocycles. The number of nitrogens with zero attached hydrogens (tertiary/aromatic N) is 2. The SMILES string of the molecule is COCCN(C)CCNc1c(F)cc([N+](=O)[O-])cc1F. The van der Waals surface area contributed by atoms with Crippen LogP contribution < -0.4 is 5.32 Å². The molecule has 112 valence electrons.